The van der Waals surface area contributed by atoms with E-state index in [9.17, 15) is 9.18 Å². The molecule has 0 saturated heterocycles. The molecule has 0 aliphatic carbocycles. The minimum atomic E-state index is -0.338. The molecule has 1 atom stereocenters. The number of halogens is 1. The van der Waals surface area contributed by atoms with Crippen LogP contribution in [0.4, 0.5) is 4.39 Å². The van der Waals surface area contributed by atoms with Crippen LogP contribution in [0.15, 0.2) is 82.6 Å². The highest BCUT2D eigenvalue weighted by Crippen LogP contribution is 2.20. The maximum atomic E-state index is 13.6. The zero-order valence-corrected chi connectivity index (χ0v) is 15.1. The van der Waals surface area contributed by atoms with Crippen LogP contribution in [0.1, 0.15) is 28.1 Å². The van der Waals surface area contributed by atoms with E-state index in [-0.39, 0.29) is 30.1 Å². The Balaban J connectivity index is 1.49. The van der Waals surface area contributed by atoms with Crippen molar-refractivity contribution in [3.8, 4) is 0 Å². The number of amides is 1. The summed E-state index contributed by atoms with van der Waals surface area (Å²) in [6, 6.07) is 19.3. The van der Waals surface area contributed by atoms with E-state index in [1.807, 2.05) is 30.3 Å². The third-order valence-corrected chi connectivity index (χ3v) is 4.55. The first-order chi connectivity index (χ1) is 13.7. The van der Waals surface area contributed by atoms with Gasteiger partial charge >= 0.3 is 0 Å². The first-order valence-corrected chi connectivity index (χ1v) is 9.04. The summed E-state index contributed by atoms with van der Waals surface area (Å²) in [4.78, 5) is 20.0. The van der Waals surface area contributed by atoms with E-state index in [4.69, 9.17) is 9.25 Å². The average molecular weight is 378 g/mol. The van der Waals surface area contributed by atoms with Gasteiger partial charge in [-0.25, -0.2) is 4.39 Å². The molecule has 0 N–H and O–H groups in total. The van der Waals surface area contributed by atoms with Gasteiger partial charge in [-0.15, -0.1) is 0 Å². The van der Waals surface area contributed by atoms with Gasteiger partial charge in [-0.3, -0.25) is 4.79 Å². The first-order valence-electron chi connectivity index (χ1n) is 9.04. The lowest BCUT2D eigenvalue weighted by atomic mass is 10.0. The molecule has 1 aliphatic rings. The number of carbonyl (C=O) groups is 1. The van der Waals surface area contributed by atoms with Gasteiger partial charge in [-0.1, -0.05) is 47.6 Å². The summed E-state index contributed by atoms with van der Waals surface area (Å²) in [5.41, 5.74) is 2.54. The van der Waals surface area contributed by atoms with E-state index in [1.54, 1.807) is 29.2 Å². The van der Waals surface area contributed by atoms with Crippen LogP contribution in [0.2, 0.25) is 0 Å². The van der Waals surface area contributed by atoms with Crippen LogP contribution in [0.3, 0.4) is 0 Å². The molecule has 5 nitrogen and oxygen atoms in total. The van der Waals surface area contributed by atoms with E-state index in [0.29, 0.717) is 18.5 Å². The maximum absolute atomic E-state index is 13.6. The molecule has 2 heterocycles. The van der Waals surface area contributed by atoms with Gasteiger partial charge in [0.1, 0.15) is 5.82 Å². The van der Waals surface area contributed by atoms with Gasteiger partial charge in [0.15, 0.2) is 11.9 Å². The SMILES string of the molecule is O=C(c1ccco1)N(Cc1cccc(F)c1)C[C@@H]1CC(c2ccccc2)=NO1. The number of benzene rings is 2. The fourth-order valence-electron chi connectivity index (χ4n) is 3.20. The minimum Gasteiger partial charge on any atom is -0.459 e. The lowest BCUT2D eigenvalue weighted by Gasteiger charge is -2.24. The second-order valence-corrected chi connectivity index (χ2v) is 6.63. The van der Waals surface area contributed by atoms with Crippen LogP contribution in [-0.2, 0) is 11.4 Å². The smallest absolute Gasteiger partial charge is 0.289 e. The van der Waals surface area contributed by atoms with Gasteiger partial charge in [0, 0.05) is 13.0 Å². The molecule has 28 heavy (non-hydrogen) atoms. The molecule has 0 bridgehead atoms. The third-order valence-electron chi connectivity index (χ3n) is 4.55. The largest absolute Gasteiger partial charge is 0.459 e. The molecule has 0 unspecified atom stereocenters. The fourth-order valence-corrected chi connectivity index (χ4v) is 3.20. The van der Waals surface area contributed by atoms with Crippen LogP contribution in [0, 0.1) is 5.82 Å². The Bertz CT molecular complexity index is 970. The molecule has 3 aromatic rings. The topological polar surface area (TPSA) is 55.0 Å². The predicted octanol–water partition coefficient (Wildman–Crippen LogP) is 4.25. The fraction of sp³-hybridized carbons (Fsp3) is 0.182. The van der Waals surface area contributed by atoms with Crippen molar-refractivity contribution in [2.75, 3.05) is 6.54 Å². The van der Waals surface area contributed by atoms with Crippen LogP contribution in [-0.4, -0.2) is 29.2 Å². The third kappa shape index (κ3) is 4.11. The van der Waals surface area contributed by atoms with E-state index in [1.165, 1.54) is 18.4 Å². The van der Waals surface area contributed by atoms with Crippen molar-refractivity contribution >= 4 is 11.6 Å². The molecule has 2 aromatic carbocycles. The minimum absolute atomic E-state index is 0.235. The van der Waals surface area contributed by atoms with Crippen LogP contribution >= 0.6 is 0 Å². The molecule has 0 saturated carbocycles. The van der Waals surface area contributed by atoms with E-state index < -0.39 is 0 Å². The van der Waals surface area contributed by atoms with Gasteiger partial charge in [0.05, 0.1) is 18.5 Å². The highest BCUT2D eigenvalue weighted by molar-refractivity contribution is 6.01. The highest BCUT2D eigenvalue weighted by Gasteiger charge is 2.28. The molecule has 1 aromatic heterocycles. The number of oxime groups is 1. The molecule has 0 fully saturated rings. The molecule has 1 amide bonds. The molecule has 142 valence electrons. The van der Waals surface area contributed by atoms with Gasteiger partial charge in [-0.05, 0) is 35.4 Å². The Morgan fingerprint density at radius 1 is 1.11 bits per heavy atom. The number of hydrogen-bond acceptors (Lipinski definition) is 4. The van der Waals surface area contributed by atoms with Crippen molar-refractivity contribution in [1.29, 1.82) is 0 Å². The second-order valence-electron chi connectivity index (χ2n) is 6.63. The predicted molar refractivity (Wildman–Crippen MR) is 102 cm³/mol. The lowest BCUT2D eigenvalue weighted by Crippen LogP contribution is -2.37. The summed E-state index contributed by atoms with van der Waals surface area (Å²) in [6.07, 6.45) is 1.77. The molecule has 6 heteroatoms. The zero-order valence-electron chi connectivity index (χ0n) is 15.1. The summed E-state index contributed by atoms with van der Waals surface area (Å²) >= 11 is 0. The number of furan rings is 1. The van der Waals surface area contributed by atoms with Gasteiger partial charge < -0.3 is 14.2 Å². The molecule has 0 radical (unpaired) electrons. The van der Waals surface area contributed by atoms with Crippen molar-refractivity contribution in [1.82, 2.24) is 4.90 Å². The highest BCUT2D eigenvalue weighted by atomic mass is 19.1. The zero-order chi connectivity index (χ0) is 19.3. The summed E-state index contributed by atoms with van der Waals surface area (Å²) in [5, 5.41) is 4.18. The lowest BCUT2D eigenvalue weighted by molar-refractivity contribution is 0.0387. The average Bonchev–Trinajstić information content (AvgIpc) is 3.40. The van der Waals surface area contributed by atoms with Crippen LogP contribution < -0.4 is 0 Å². The Labute approximate surface area is 162 Å². The van der Waals surface area contributed by atoms with E-state index in [2.05, 4.69) is 5.16 Å². The van der Waals surface area contributed by atoms with E-state index in [0.717, 1.165) is 11.3 Å². The van der Waals surface area contributed by atoms with Gasteiger partial charge in [0.25, 0.3) is 5.91 Å². The van der Waals surface area contributed by atoms with Gasteiger partial charge in [0.2, 0.25) is 0 Å². The number of carbonyl (C=O) groups excluding carboxylic acids is 1. The van der Waals surface area contributed by atoms with Crippen LogP contribution in [0.25, 0.3) is 0 Å². The Hall–Kier alpha value is -3.41. The molecule has 4 rings (SSSR count). The number of rotatable bonds is 6. The summed E-state index contributed by atoms with van der Waals surface area (Å²) in [5.74, 6) is -0.376. The Morgan fingerprint density at radius 3 is 2.71 bits per heavy atom. The summed E-state index contributed by atoms with van der Waals surface area (Å²) < 4.78 is 18.8. The molecular formula is C22H19FN2O3. The summed E-state index contributed by atoms with van der Waals surface area (Å²) in [6.45, 7) is 0.563. The molecule has 0 spiro atoms. The quantitative estimate of drug-likeness (QED) is 0.644. The normalized spacial score (nSPS) is 15.8. The van der Waals surface area contributed by atoms with Crippen molar-refractivity contribution in [2.24, 2.45) is 5.16 Å². The van der Waals surface area contributed by atoms with Crippen molar-refractivity contribution < 1.29 is 18.4 Å². The van der Waals surface area contributed by atoms with E-state index >= 15 is 0 Å². The number of hydrogen-bond donors (Lipinski definition) is 0. The molecular weight excluding hydrogens is 359 g/mol. The Morgan fingerprint density at radius 2 is 1.96 bits per heavy atom. The van der Waals surface area contributed by atoms with Gasteiger partial charge in [-0.2, -0.15) is 0 Å². The van der Waals surface area contributed by atoms with Crippen molar-refractivity contribution in [3.05, 3.63) is 95.7 Å². The van der Waals surface area contributed by atoms with Crippen molar-refractivity contribution in [2.45, 2.75) is 19.1 Å². The maximum Gasteiger partial charge on any atom is 0.289 e. The first kappa shape index (κ1) is 18.0. The molecule has 1 aliphatic heterocycles. The standard InChI is InChI=1S/C22H19FN2O3/c23-18-9-4-6-16(12-18)14-25(22(26)21-10-5-11-27-21)15-19-13-20(24-28-19)17-7-2-1-3-8-17/h1-12,19H,13-15H2/t19-/m0/s1. The van der Waals surface area contributed by atoms with Crippen LogP contribution in [0.5, 0.6) is 0 Å². The summed E-state index contributed by atoms with van der Waals surface area (Å²) in [7, 11) is 0. The number of nitrogens with zero attached hydrogens (tertiary/aromatic N) is 2. The van der Waals surface area contributed by atoms with Crippen molar-refractivity contribution in [3.63, 3.8) is 0 Å². The second kappa shape index (κ2) is 8.08. The monoisotopic (exact) mass is 378 g/mol. The Kier molecular flexibility index (Phi) is 5.19.